The zero-order chi connectivity index (χ0) is 9.84. The Kier molecular flexibility index (Phi) is 2.75. The second-order valence-corrected chi connectivity index (χ2v) is 2.44. The molecule has 0 bridgehead atoms. The van der Waals surface area contributed by atoms with Gasteiger partial charge in [-0.25, -0.2) is 8.78 Å². The molecular weight excluding hydrogens is 176 g/mol. The van der Waals surface area contributed by atoms with Gasteiger partial charge in [0.25, 0.3) is 6.43 Å². The van der Waals surface area contributed by atoms with Crippen LogP contribution in [0, 0.1) is 11.3 Å². The zero-order valence-corrected chi connectivity index (χ0v) is 6.67. The maximum atomic E-state index is 12.2. The minimum atomic E-state index is -2.62. The number of nitrogens with two attached hydrogens (primary N) is 1. The van der Waals surface area contributed by atoms with Crippen molar-refractivity contribution in [2.75, 3.05) is 5.73 Å². The van der Waals surface area contributed by atoms with Gasteiger partial charge in [-0.3, -0.25) is 4.98 Å². The highest BCUT2D eigenvalue weighted by atomic mass is 19.3. The van der Waals surface area contributed by atoms with Crippen molar-refractivity contribution in [3.05, 3.63) is 23.5 Å². The first-order valence-electron chi connectivity index (χ1n) is 3.54. The molecule has 1 aromatic rings. The summed E-state index contributed by atoms with van der Waals surface area (Å²) in [4.78, 5) is 3.67. The van der Waals surface area contributed by atoms with Crippen LogP contribution in [0.2, 0.25) is 0 Å². The summed E-state index contributed by atoms with van der Waals surface area (Å²) >= 11 is 0. The second kappa shape index (κ2) is 3.81. The highest BCUT2D eigenvalue weighted by Crippen LogP contribution is 2.24. The number of alkyl halides is 2. The Balaban J connectivity index is 3.00. The second-order valence-electron chi connectivity index (χ2n) is 2.44. The standard InChI is InChI=1S/C8H7F2N3/c9-8(10)6-4-13-5(1-2-11)3-7(6)12/h3-4,8H,1H2,(H2,12,13). The average molecular weight is 183 g/mol. The van der Waals surface area contributed by atoms with Crippen LogP contribution in [0.4, 0.5) is 14.5 Å². The molecule has 0 spiro atoms. The van der Waals surface area contributed by atoms with Gasteiger partial charge in [-0.2, -0.15) is 5.26 Å². The molecule has 68 valence electrons. The Morgan fingerprint density at radius 3 is 2.77 bits per heavy atom. The molecule has 0 aliphatic rings. The van der Waals surface area contributed by atoms with E-state index in [4.69, 9.17) is 11.0 Å². The Morgan fingerprint density at radius 2 is 2.31 bits per heavy atom. The molecule has 0 atom stereocenters. The molecule has 0 amide bonds. The Labute approximate surface area is 73.8 Å². The SMILES string of the molecule is N#CCc1cc(N)c(C(F)F)cn1. The van der Waals surface area contributed by atoms with E-state index in [0.29, 0.717) is 5.69 Å². The maximum Gasteiger partial charge on any atom is 0.267 e. The topological polar surface area (TPSA) is 62.7 Å². The van der Waals surface area contributed by atoms with E-state index in [1.807, 2.05) is 6.07 Å². The third kappa shape index (κ3) is 2.12. The lowest BCUT2D eigenvalue weighted by Crippen LogP contribution is -1.98. The summed E-state index contributed by atoms with van der Waals surface area (Å²) in [5, 5.41) is 8.31. The summed E-state index contributed by atoms with van der Waals surface area (Å²) in [5.41, 5.74) is 5.42. The van der Waals surface area contributed by atoms with Crippen molar-refractivity contribution >= 4 is 5.69 Å². The lowest BCUT2D eigenvalue weighted by molar-refractivity contribution is 0.152. The molecule has 0 radical (unpaired) electrons. The molecule has 1 heterocycles. The van der Waals surface area contributed by atoms with Crippen molar-refractivity contribution in [2.24, 2.45) is 0 Å². The van der Waals surface area contributed by atoms with Gasteiger partial charge in [0.05, 0.1) is 23.7 Å². The van der Waals surface area contributed by atoms with E-state index in [1.165, 1.54) is 6.07 Å². The summed E-state index contributed by atoms with van der Waals surface area (Å²) < 4.78 is 24.3. The summed E-state index contributed by atoms with van der Waals surface area (Å²) in [5.74, 6) is 0. The van der Waals surface area contributed by atoms with E-state index in [2.05, 4.69) is 4.98 Å². The molecular formula is C8H7F2N3. The molecule has 0 aliphatic heterocycles. The van der Waals surface area contributed by atoms with E-state index in [-0.39, 0.29) is 17.7 Å². The highest BCUT2D eigenvalue weighted by molar-refractivity contribution is 5.47. The number of anilines is 1. The molecule has 1 rings (SSSR count). The number of hydrogen-bond acceptors (Lipinski definition) is 3. The lowest BCUT2D eigenvalue weighted by Gasteiger charge is -2.04. The lowest BCUT2D eigenvalue weighted by atomic mass is 10.2. The minimum absolute atomic E-state index is 0.0183. The molecule has 13 heavy (non-hydrogen) atoms. The molecule has 1 aromatic heterocycles. The number of rotatable bonds is 2. The van der Waals surface area contributed by atoms with Crippen LogP contribution < -0.4 is 5.73 Å². The average Bonchev–Trinajstić information content (AvgIpc) is 2.04. The number of hydrogen-bond donors (Lipinski definition) is 1. The fourth-order valence-corrected chi connectivity index (χ4v) is 0.887. The smallest absolute Gasteiger partial charge is 0.267 e. The van der Waals surface area contributed by atoms with Crippen LogP contribution in [0.3, 0.4) is 0 Å². The van der Waals surface area contributed by atoms with E-state index in [1.54, 1.807) is 0 Å². The van der Waals surface area contributed by atoms with Crippen LogP contribution in [-0.2, 0) is 6.42 Å². The predicted octanol–water partition coefficient (Wildman–Crippen LogP) is 1.67. The number of nitrogen functional groups attached to an aromatic ring is 1. The number of nitriles is 1. The molecule has 0 unspecified atom stereocenters. The van der Waals surface area contributed by atoms with Gasteiger partial charge in [-0.15, -0.1) is 0 Å². The van der Waals surface area contributed by atoms with Crippen LogP contribution in [0.25, 0.3) is 0 Å². The van der Waals surface area contributed by atoms with Crippen molar-refractivity contribution in [2.45, 2.75) is 12.8 Å². The molecule has 0 aliphatic carbocycles. The summed E-state index contributed by atoms with van der Waals surface area (Å²) in [6.07, 6.45) is -1.54. The Hall–Kier alpha value is -1.70. The van der Waals surface area contributed by atoms with E-state index in [0.717, 1.165) is 6.20 Å². The van der Waals surface area contributed by atoms with Gasteiger partial charge in [0.1, 0.15) is 0 Å². The van der Waals surface area contributed by atoms with Crippen LogP contribution in [0.1, 0.15) is 17.7 Å². The van der Waals surface area contributed by atoms with E-state index < -0.39 is 6.43 Å². The molecule has 2 N–H and O–H groups in total. The number of halogens is 2. The highest BCUT2D eigenvalue weighted by Gasteiger charge is 2.11. The van der Waals surface area contributed by atoms with Crippen molar-refractivity contribution in [1.29, 1.82) is 5.26 Å². The Morgan fingerprint density at radius 1 is 1.62 bits per heavy atom. The van der Waals surface area contributed by atoms with Gasteiger partial charge < -0.3 is 5.73 Å². The maximum absolute atomic E-state index is 12.2. The fourth-order valence-electron chi connectivity index (χ4n) is 0.887. The van der Waals surface area contributed by atoms with Crippen molar-refractivity contribution in [3.8, 4) is 6.07 Å². The van der Waals surface area contributed by atoms with Gasteiger partial charge in [0.15, 0.2) is 0 Å². The molecule has 5 heteroatoms. The molecule has 0 saturated heterocycles. The van der Waals surface area contributed by atoms with Crippen LogP contribution in [0.5, 0.6) is 0 Å². The summed E-state index contributed by atoms with van der Waals surface area (Å²) in [7, 11) is 0. The molecule has 0 saturated carbocycles. The first-order chi connectivity index (χ1) is 6.15. The summed E-state index contributed by atoms with van der Waals surface area (Å²) in [6, 6.07) is 3.15. The van der Waals surface area contributed by atoms with Crippen LogP contribution in [-0.4, -0.2) is 4.98 Å². The normalized spacial score (nSPS) is 10.0. The van der Waals surface area contributed by atoms with Gasteiger partial charge >= 0.3 is 0 Å². The monoisotopic (exact) mass is 183 g/mol. The molecule has 0 fully saturated rings. The van der Waals surface area contributed by atoms with Gasteiger partial charge in [-0.1, -0.05) is 0 Å². The van der Waals surface area contributed by atoms with Crippen molar-refractivity contribution in [3.63, 3.8) is 0 Å². The zero-order valence-electron chi connectivity index (χ0n) is 6.67. The predicted molar refractivity (Wildman–Crippen MR) is 42.9 cm³/mol. The van der Waals surface area contributed by atoms with Crippen LogP contribution in [0.15, 0.2) is 12.3 Å². The Bertz CT molecular complexity index is 344. The van der Waals surface area contributed by atoms with E-state index in [9.17, 15) is 8.78 Å². The van der Waals surface area contributed by atoms with E-state index >= 15 is 0 Å². The minimum Gasteiger partial charge on any atom is -0.398 e. The largest absolute Gasteiger partial charge is 0.398 e. The number of pyridine rings is 1. The third-order valence-corrected chi connectivity index (χ3v) is 1.52. The van der Waals surface area contributed by atoms with Gasteiger partial charge in [0, 0.05) is 11.9 Å². The van der Waals surface area contributed by atoms with Crippen molar-refractivity contribution in [1.82, 2.24) is 4.98 Å². The molecule has 3 nitrogen and oxygen atoms in total. The quantitative estimate of drug-likeness (QED) is 0.758. The van der Waals surface area contributed by atoms with Gasteiger partial charge in [-0.05, 0) is 6.07 Å². The van der Waals surface area contributed by atoms with Crippen molar-refractivity contribution < 1.29 is 8.78 Å². The van der Waals surface area contributed by atoms with Crippen LogP contribution >= 0.6 is 0 Å². The first-order valence-corrected chi connectivity index (χ1v) is 3.54. The number of nitrogens with zero attached hydrogens (tertiary/aromatic N) is 2. The molecule has 0 aromatic carbocycles. The number of aromatic nitrogens is 1. The fraction of sp³-hybridized carbons (Fsp3) is 0.250. The van der Waals surface area contributed by atoms with Gasteiger partial charge in [0.2, 0.25) is 0 Å². The third-order valence-electron chi connectivity index (χ3n) is 1.52. The summed E-state index contributed by atoms with van der Waals surface area (Å²) in [6.45, 7) is 0. The first kappa shape index (κ1) is 9.39.